The zero-order chi connectivity index (χ0) is 22.9. The smallest absolute Gasteiger partial charge is 0.338 e. The van der Waals surface area contributed by atoms with E-state index >= 15 is 0 Å². The number of aromatic nitrogens is 3. The van der Waals surface area contributed by atoms with Crippen LogP contribution in [0, 0.1) is 16.5 Å². The Labute approximate surface area is 180 Å². The fraction of sp³-hybridized carbons (Fsp3) is 0.389. The van der Waals surface area contributed by atoms with E-state index in [2.05, 4.69) is 10.1 Å². The van der Waals surface area contributed by atoms with Crippen LogP contribution in [0.1, 0.15) is 24.2 Å². The molecule has 0 aliphatic heterocycles. The molecule has 0 aliphatic rings. The molecule has 2 rings (SSSR count). The van der Waals surface area contributed by atoms with Gasteiger partial charge in [0.15, 0.2) is 4.77 Å². The first-order valence-corrected chi connectivity index (χ1v) is 9.48. The summed E-state index contributed by atoms with van der Waals surface area (Å²) in [4.78, 5) is 49.8. The lowest BCUT2D eigenvalue weighted by atomic mass is 10.0. The van der Waals surface area contributed by atoms with Gasteiger partial charge in [0.05, 0.1) is 23.4 Å². The summed E-state index contributed by atoms with van der Waals surface area (Å²) in [7, 11) is 3.83. The Kier molecular flexibility index (Phi) is 6.99. The van der Waals surface area contributed by atoms with Crippen molar-refractivity contribution in [3.63, 3.8) is 0 Å². The molecule has 9 nitrogen and oxygen atoms in total. The number of rotatable bonds is 5. The van der Waals surface area contributed by atoms with Gasteiger partial charge < -0.3 is 10.1 Å². The van der Waals surface area contributed by atoms with E-state index in [0.717, 1.165) is 21.3 Å². The van der Waals surface area contributed by atoms with Crippen LogP contribution >= 0.6 is 23.8 Å². The average molecular weight is 459 g/mol. The fourth-order valence-electron chi connectivity index (χ4n) is 2.70. The van der Waals surface area contributed by atoms with E-state index in [-0.39, 0.29) is 21.3 Å². The summed E-state index contributed by atoms with van der Waals surface area (Å²) in [5.41, 5.74) is -2.52. The molecule has 1 atom stereocenters. The van der Waals surface area contributed by atoms with Gasteiger partial charge >= 0.3 is 17.3 Å². The van der Waals surface area contributed by atoms with Crippen molar-refractivity contribution >= 4 is 35.7 Å². The van der Waals surface area contributed by atoms with Gasteiger partial charge in [-0.3, -0.25) is 13.9 Å². The number of carbonyl (C=O) groups excluding carboxylic acids is 2. The van der Waals surface area contributed by atoms with Crippen LogP contribution in [0.5, 0.6) is 0 Å². The number of nitrogens with zero attached hydrogens (tertiary/aromatic N) is 3. The zero-order valence-electron chi connectivity index (χ0n) is 16.9. The van der Waals surface area contributed by atoms with Crippen molar-refractivity contribution in [2.24, 2.45) is 20.0 Å². The van der Waals surface area contributed by atoms with Crippen LogP contribution in [0.3, 0.4) is 0 Å². The Morgan fingerprint density at radius 2 is 1.70 bits per heavy atom. The van der Waals surface area contributed by atoms with Crippen molar-refractivity contribution in [1.29, 1.82) is 0 Å². The lowest BCUT2D eigenvalue weighted by Crippen LogP contribution is -2.45. The molecule has 2 aromatic rings. The molecule has 1 heterocycles. The van der Waals surface area contributed by atoms with Gasteiger partial charge in [-0.25, -0.2) is 23.3 Å². The molecule has 0 radical (unpaired) electrons. The fourth-order valence-corrected chi connectivity index (χ4v) is 3.10. The summed E-state index contributed by atoms with van der Waals surface area (Å²) in [6, 6.07) is 0.787. The van der Waals surface area contributed by atoms with Crippen LogP contribution in [0.25, 0.3) is 5.69 Å². The quantitative estimate of drug-likeness (QED) is 0.535. The van der Waals surface area contributed by atoms with Gasteiger partial charge in [0.25, 0.3) is 5.91 Å². The van der Waals surface area contributed by atoms with Crippen molar-refractivity contribution < 1.29 is 18.7 Å². The van der Waals surface area contributed by atoms with Gasteiger partial charge in [-0.05, 0) is 30.3 Å². The van der Waals surface area contributed by atoms with E-state index < -0.39 is 40.8 Å². The number of ether oxygens (including phenoxy) is 1. The highest BCUT2D eigenvalue weighted by Gasteiger charge is 2.27. The minimum absolute atomic E-state index is 0.0635. The Hall–Kier alpha value is -2.79. The molecule has 30 heavy (non-hydrogen) atoms. The third-order valence-corrected chi connectivity index (χ3v) is 5.32. The maximum atomic E-state index is 14.6. The maximum Gasteiger partial charge on any atom is 0.338 e. The lowest BCUT2D eigenvalue weighted by molar-refractivity contribution is -0.144. The molecule has 0 aliphatic carbocycles. The number of hydrogen-bond acceptors (Lipinski definition) is 6. The summed E-state index contributed by atoms with van der Waals surface area (Å²) in [6.07, 6.45) is 0. The second-order valence-electron chi connectivity index (χ2n) is 6.80. The van der Waals surface area contributed by atoms with Crippen molar-refractivity contribution in [1.82, 2.24) is 19.0 Å². The standard InChI is InChI=1S/C18H20ClFN4O5S/c1-8(2)13(15(26)29-5)21-14(25)9-6-12(11(20)7-10(9)19)24-16(27)22(3)18(30)23(4)17(24)28/h6-8,13H,1-5H3,(H,21,25)/t13-/m0/s1. The second kappa shape index (κ2) is 8.92. The molecular formula is C18H20ClFN4O5S. The van der Waals surface area contributed by atoms with E-state index in [9.17, 15) is 23.6 Å². The van der Waals surface area contributed by atoms with E-state index in [1.54, 1.807) is 13.8 Å². The van der Waals surface area contributed by atoms with Crippen molar-refractivity contribution in [2.75, 3.05) is 7.11 Å². The number of benzene rings is 1. The molecular weight excluding hydrogens is 439 g/mol. The molecule has 12 heteroatoms. The first kappa shape index (κ1) is 23.5. The summed E-state index contributed by atoms with van der Waals surface area (Å²) in [5, 5.41) is 2.20. The number of nitrogens with one attached hydrogen (secondary N) is 1. The van der Waals surface area contributed by atoms with E-state index in [1.807, 2.05) is 0 Å². The molecule has 0 unspecified atom stereocenters. The van der Waals surface area contributed by atoms with Crippen LogP contribution in [0.4, 0.5) is 4.39 Å². The summed E-state index contributed by atoms with van der Waals surface area (Å²) < 4.78 is 21.8. The molecule has 1 N–H and O–H groups in total. The van der Waals surface area contributed by atoms with Gasteiger partial charge in [0.1, 0.15) is 11.9 Å². The SMILES string of the molecule is COC(=O)[C@@H](NC(=O)c1cc(-n2c(=O)n(C)c(=S)n(C)c2=O)c(F)cc1Cl)C(C)C. The van der Waals surface area contributed by atoms with Crippen molar-refractivity contribution in [2.45, 2.75) is 19.9 Å². The van der Waals surface area contributed by atoms with Crippen molar-refractivity contribution in [3.8, 4) is 5.69 Å². The highest BCUT2D eigenvalue weighted by atomic mass is 35.5. The lowest BCUT2D eigenvalue weighted by Gasteiger charge is -2.20. The van der Waals surface area contributed by atoms with Crippen LogP contribution in [0.15, 0.2) is 21.7 Å². The van der Waals surface area contributed by atoms with Gasteiger partial charge in [-0.2, -0.15) is 0 Å². The second-order valence-corrected chi connectivity index (χ2v) is 7.58. The number of amides is 1. The number of carbonyl (C=O) groups is 2. The molecule has 0 bridgehead atoms. The van der Waals surface area contributed by atoms with E-state index in [4.69, 9.17) is 23.8 Å². The Morgan fingerprint density at radius 1 is 1.17 bits per heavy atom. The van der Waals surface area contributed by atoms with Gasteiger partial charge in [-0.15, -0.1) is 0 Å². The largest absolute Gasteiger partial charge is 0.467 e. The highest BCUT2D eigenvalue weighted by Crippen LogP contribution is 2.23. The third-order valence-electron chi connectivity index (χ3n) is 4.46. The number of hydrogen-bond donors (Lipinski definition) is 1. The molecule has 1 aromatic carbocycles. The van der Waals surface area contributed by atoms with Gasteiger partial charge in [-0.1, -0.05) is 25.4 Å². The zero-order valence-corrected chi connectivity index (χ0v) is 18.4. The van der Waals surface area contributed by atoms with Crippen LogP contribution in [0.2, 0.25) is 5.02 Å². The molecule has 0 spiro atoms. The molecule has 0 saturated heterocycles. The van der Waals surface area contributed by atoms with Crippen molar-refractivity contribution in [3.05, 3.63) is 54.3 Å². The number of esters is 1. The predicted molar refractivity (Wildman–Crippen MR) is 110 cm³/mol. The Bertz CT molecular complexity index is 1160. The summed E-state index contributed by atoms with van der Waals surface area (Å²) in [5.74, 6) is -2.79. The number of halogens is 2. The Balaban J connectivity index is 2.67. The minimum atomic E-state index is -0.999. The highest BCUT2D eigenvalue weighted by molar-refractivity contribution is 7.71. The normalized spacial score (nSPS) is 12.0. The molecule has 1 aromatic heterocycles. The minimum Gasteiger partial charge on any atom is -0.467 e. The van der Waals surface area contributed by atoms with Crippen LogP contribution < -0.4 is 16.7 Å². The van der Waals surface area contributed by atoms with Gasteiger partial charge in [0.2, 0.25) is 0 Å². The third kappa shape index (κ3) is 4.21. The van der Waals surface area contributed by atoms with Crippen LogP contribution in [-0.4, -0.2) is 38.7 Å². The Morgan fingerprint density at radius 3 is 2.17 bits per heavy atom. The average Bonchev–Trinajstić information content (AvgIpc) is 2.69. The number of methoxy groups -OCH3 is 1. The summed E-state index contributed by atoms with van der Waals surface area (Å²) in [6.45, 7) is 3.39. The first-order valence-electron chi connectivity index (χ1n) is 8.69. The first-order chi connectivity index (χ1) is 13.9. The topological polar surface area (TPSA) is 104 Å². The molecule has 0 fully saturated rings. The maximum absolute atomic E-state index is 14.6. The molecule has 1 amide bonds. The monoisotopic (exact) mass is 458 g/mol. The van der Waals surface area contributed by atoms with E-state index in [1.165, 1.54) is 21.2 Å². The summed E-state index contributed by atoms with van der Waals surface area (Å²) >= 11 is 11.0. The van der Waals surface area contributed by atoms with E-state index in [0.29, 0.717) is 4.57 Å². The molecule has 0 saturated carbocycles. The van der Waals surface area contributed by atoms with Gasteiger partial charge in [0, 0.05) is 14.1 Å². The molecule has 162 valence electrons. The predicted octanol–water partition coefficient (Wildman–Crippen LogP) is 1.32. The van der Waals surface area contributed by atoms with Crippen LogP contribution in [-0.2, 0) is 23.6 Å².